The molecule has 1 unspecified atom stereocenters. The Morgan fingerprint density at radius 3 is 1.70 bits per heavy atom. The van der Waals surface area contributed by atoms with Crippen LogP contribution < -0.4 is 16.4 Å². The first-order chi connectivity index (χ1) is 9.22. The van der Waals surface area contributed by atoms with Crippen LogP contribution in [0.15, 0.2) is 0 Å². The summed E-state index contributed by atoms with van der Waals surface area (Å²) in [5.41, 5.74) is 6.05. The molecule has 0 aliphatic carbocycles. The SMILES string of the molecule is CC(N)N1CCNCC(C)(C)SSC(C)(C)CNCC1. The first-order valence-corrected chi connectivity index (χ1v) is 9.65. The second kappa shape index (κ2) is 8.25. The second-order valence-corrected chi connectivity index (χ2v) is 10.4. The van der Waals surface area contributed by atoms with Crippen LogP contribution in [0.3, 0.4) is 0 Å². The van der Waals surface area contributed by atoms with Crippen molar-refractivity contribution in [1.29, 1.82) is 0 Å². The second-order valence-electron chi connectivity index (χ2n) is 6.82. The maximum absolute atomic E-state index is 6.05. The van der Waals surface area contributed by atoms with E-state index in [0.717, 1.165) is 39.3 Å². The molecule has 20 heavy (non-hydrogen) atoms. The molecule has 1 saturated heterocycles. The molecule has 1 heterocycles. The minimum Gasteiger partial charge on any atom is -0.316 e. The van der Waals surface area contributed by atoms with E-state index in [1.807, 2.05) is 21.6 Å². The van der Waals surface area contributed by atoms with E-state index in [4.69, 9.17) is 5.73 Å². The minimum absolute atomic E-state index is 0.119. The van der Waals surface area contributed by atoms with Gasteiger partial charge in [0.05, 0.1) is 6.17 Å². The zero-order valence-corrected chi connectivity index (χ0v) is 15.3. The Balaban J connectivity index is 2.61. The van der Waals surface area contributed by atoms with Gasteiger partial charge in [0.2, 0.25) is 0 Å². The standard InChI is InChI=1S/C14H32N4S2/c1-12(15)18-8-6-16-10-13(2,3)19-20-14(4,5)11-17-7-9-18/h12,16-17H,6-11,15H2,1-5H3. The van der Waals surface area contributed by atoms with Crippen molar-refractivity contribution in [1.82, 2.24) is 15.5 Å². The fraction of sp³-hybridized carbons (Fsp3) is 1.00. The van der Waals surface area contributed by atoms with Crippen LogP contribution in [0.5, 0.6) is 0 Å². The Labute approximate surface area is 132 Å². The van der Waals surface area contributed by atoms with Crippen LogP contribution in [0.4, 0.5) is 0 Å². The highest BCUT2D eigenvalue weighted by Gasteiger charge is 2.26. The summed E-state index contributed by atoms with van der Waals surface area (Å²) >= 11 is 0. The summed E-state index contributed by atoms with van der Waals surface area (Å²) in [4.78, 5) is 2.33. The predicted octanol–water partition coefficient (Wildman–Crippen LogP) is 1.72. The zero-order chi connectivity index (χ0) is 15.2. The summed E-state index contributed by atoms with van der Waals surface area (Å²) in [7, 11) is 3.98. The smallest absolute Gasteiger partial charge is 0.0543 e. The molecule has 1 aliphatic heterocycles. The molecule has 0 aromatic carbocycles. The molecule has 0 radical (unpaired) electrons. The van der Waals surface area contributed by atoms with Crippen molar-refractivity contribution in [3.8, 4) is 0 Å². The summed E-state index contributed by atoms with van der Waals surface area (Å²) in [6, 6.07) is 0. The number of nitrogens with zero attached hydrogens (tertiary/aromatic N) is 1. The average molecular weight is 321 g/mol. The number of hydrogen-bond donors (Lipinski definition) is 3. The lowest BCUT2D eigenvalue weighted by Gasteiger charge is -2.30. The van der Waals surface area contributed by atoms with Crippen LogP contribution in [0.2, 0.25) is 0 Å². The van der Waals surface area contributed by atoms with Gasteiger partial charge in [-0.15, -0.1) is 0 Å². The van der Waals surface area contributed by atoms with Gasteiger partial charge in [0, 0.05) is 48.8 Å². The molecule has 1 rings (SSSR count). The van der Waals surface area contributed by atoms with Crippen LogP contribution in [-0.2, 0) is 0 Å². The number of nitrogens with one attached hydrogen (secondary N) is 2. The third kappa shape index (κ3) is 7.52. The van der Waals surface area contributed by atoms with Crippen molar-refractivity contribution >= 4 is 21.6 Å². The Morgan fingerprint density at radius 1 is 0.950 bits per heavy atom. The first kappa shape index (κ1) is 18.6. The maximum atomic E-state index is 6.05. The van der Waals surface area contributed by atoms with E-state index in [1.54, 1.807) is 0 Å². The van der Waals surface area contributed by atoms with Crippen LogP contribution in [0.25, 0.3) is 0 Å². The monoisotopic (exact) mass is 320 g/mol. The van der Waals surface area contributed by atoms with Gasteiger partial charge in [-0.3, -0.25) is 4.90 Å². The lowest BCUT2D eigenvalue weighted by atomic mass is 10.2. The fourth-order valence-corrected chi connectivity index (χ4v) is 4.51. The zero-order valence-electron chi connectivity index (χ0n) is 13.7. The van der Waals surface area contributed by atoms with Gasteiger partial charge in [-0.05, 0) is 34.6 Å². The minimum atomic E-state index is 0.119. The maximum Gasteiger partial charge on any atom is 0.0543 e. The number of hydrogen-bond acceptors (Lipinski definition) is 6. The molecule has 4 N–H and O–H groups in total. The van der Waals surface area contributed by atoms with Crippen LogP contribution in [-0.4, -0.2) is 59.8 Å². The van der Waals surface area contributed by atoms with E-state index in [-0.39, 0.29) is 15.7 Å². The quantitative estimate of drug-likeness (QED) is 0.640. The molecule has 0 spiro atoms. The molecule has 1 aliphatic rings. The molecule has 0 bridgehead atoms. The van der Waals surface area contributed by atoms with Gasteiger partial charge in [-0.2, -0.15) is 0 Å². The van der Waals surface area contributed by atoms with Crippen molar-refractivity contribution in [2.75, 3.05) is 39.3 Å². The topological polar surface area (TPSA) is 53.3 Å². The fourth-order valence-electron chi connectivity index (χ4n) is 2.03. The van der Waals surface area contributed by atoms with Crippen LogP contribution in [0.1, 0.15) is 34.6 Å². The van der Waals surface area contributed by atoms with Gasteiger partial charge in [-0.1, -0.05) is 21.6 Å². The van der Waals surface area contributed by atoms with Gasteiger partial charge in [0.25, 0.3) is 0 Å². The van der Waals surface area contributed by atoms with Gasteiger partial charge < -0.3 is 16.4 Å². The molecule has 120 valence electrons. The molecule has 0 saturated carbocycles. The summed E-state index contributed by atoms with van der Waals surface area (Å²) in [6.45, 7) is 17.4. The summed E-state index contributed by atoms with van der Waals surface area (Å²) < 4.78 is 0.490. The van der Waals surface area contributed by atoms with E-state index in [9.17, 15) is 0 Å². The summed E-state index contributed by atoms with van der Waals surface area (Å²) in [5, 5.41) is 7.15. The first-order valence-electron chi connectivity index (χ1n) is 7.50. The normalized spacial score (nSPS) is 27.9. The van der Waals surface area contributed by atoms with Crippen LogP contribution in [0, 0.1) is 0 Å². The molecular weight excluding hydrogens is 288 g/mol. The van der Waals surface area contributed by atoms with Gasteiger partial charge >= 0.3 is 0 Å². The number of nitrogens with two attached hydrogens (primary N) is 1. The van der Waals surface area contributed by atoms with E-state index >= 15 is 0 Å². The predicted molar refractivity (Wildman–Crippen MR) is 94.3 cm³/mol. The van der Waals surface area contributed by atoms with Crippen molar-refractivity contribution in [2.24, 2.45) is 5.73 Å². The molecule has 1 fully saturated rings. The molecular formula is C14H32N4S2. The Morgan fingerprint density at radius 2 is 1.35 bits per heavy atom. The lowest BCUT2D eigenvalue weighted by molar-refractivity contribution is 0.213. The number of rotatable bonds is 1. The van der Waals surface area contributed by atoms with Gasteiger partial charge in [-0.25, -0.2) is 0 Å². The van der Waals surface area contributed by atoms with Crippen molar-refractivity contribution in [3.63, 3.8) is 0 Å². The molecule has 0 aromatic rings. The Bertz CT molecular complexity index is 258. The summed E-state index contributed by atoms with van der Waals surface area (Å²) in [5.74, 6) is 0. The van der Waals surface area contributed by atoms with E-state index in [2.05, 4.69) is 50.2 Å². The van der Waals surface area contributed by atoms with Gasteiger partial charge in [0.15, 0.2) is 0 Å². The van der Waals surface area contributed by atoms with E-state index in [0.29, 0.717) is 0 Å². The van der Waals surface area contributed by atoms with Crippen molar-refractivity contribution in [3.05, 3.63) is 0 Å². The molecule has 1 atom stereocenters. The third-order valence-electron chi connectivity index (χ3n) is 3.32. The van der Waals surface area contributed by atoms with Crippen molar-refractivity contribution < 1.29 is 0 Å². The van der Waals surface area contributed by atoms with Crippen LogP contribution >= 0.6 is 21.6 Å². The third-order valence-corrected chi connectivity index (χ3v) is 7.55. The highest BCUT2D eigenvalue weighted by atomic mass is 33.1. The van der Waals surface area contributed by atoms with Gasteiger partial charge in [0.1, 0.15) is 0 Å². The molecule has 4 nitrogen and oxygen atoms in total. The van der Waals surface area contributed by atoms with E-state index in [1.165, 1.54) is 0 Å². The Hall–Kier alpha value is 0.540. The molecule has 6 heteroatoms. The van der Waals surface area contributed by atoms with Crippen molar-refractivity contribution in [2.45, 2.75) is 50.3 Å². The molecule has 0 amide bonds. The molecule has 0 aromatic heterocycles. The summed E-state index contributed by atoms with van der Waals surface area (Å²) in [6.07, 6.45) is 0.119. The lowest BCUT2D eigenvalue weighted by Crippen LogP contribution is -2.47. The van der Waals surface area contributed by atoms with E-state index < -0.39 is 0 Å². The highest BCUT2D eigenvalue weighted by molar-refractivity contribution is 8.77. The average Bonchev–Trinajstić information content (AvgIpc) is 2.34. The Kier molecular flexibility index (Phi) is 7.66. The largest absolute Gasteiger partial charge is 0.316 e. The highest BCUT2D eigenvalue weighted by Crippen LogP contribution is 2.42.